The van der Waals surface area contributed by atoms with Gasteiger partial charge in [0.15, 0.2) is 17.9 Å². The van der Waals surface area contributed by atoms with Gasteiger partial charge in [0.2, 0.25) is 0 Å². The minimum Gasteiger partial charge on any atom is -0.338 e. The van der Waals surface area contributed by atoms with Crippen molar-refractivity contribution in [2.24, 2.45) is 0 Å². The molecule has 1 N–H and O–H groups in total. The molecular weight excluding hydrogens is 350 g/mol. The van der Waals surface area contributed by atoms with E-state index in [1.54, 1.807) is 6.08 Å². The van der Waals surface area contributed by atoms with Crippen LogP contribution in [0.4, 0.5) is 14.6 Å². The lowest BCUT2D eigenvalue weighted by molar-refractivity contribution is 0.112. The number of nitrogens with one attached hydrogen (secondary N) is 1. The summed E-state index contributed by atoms with van der Waals surface area (Å²) in [5, 5.41) is 3.57. The van der Waals surface area contributed by atoms with Crippen molar-refractivity contribution in [1.29, 1.82) is 0 Å². The van der Waals surface area contributed by atoms with Crippen LogP contribution >= 0.6 is 11.6 Å². The molecule has 0 atom stereocenters. The maximum atomic E-state index is 13.1. The number of pyridine rings is 1. The third kappa shape index (κ3) is 3.56. The lowest BCUT2D eigenvalue weighted by Crippen LogP contribution is -2.07. The third-order valence-corrected chi connectivity index (χ3v) is 4.08. The number of aldehydes is 1. The first-order valence-electron chi connectivity index (χ1n) is 7.41. The Morgan fingerprint density at radius 2 is 2.16 bits per heavy atom. The maximum absolute atomic E-state index is 13.1. The molecule has 2 aromatic heterocycles. The number of carbonyl (C=O) groups is 1. The maximum Gasteiger partial charge on any atom is 0.297 e. The molecule has 0 unspecified atom stereocenters. The average Bonchev–Trinajstić information content (AvgIpc) is 2.76. The number of hydrogen-bond acceptors (Lipinski definition) is 5. The predicted octanol–water partition coefficient (Wildman–Crippen LogP) is 4.54. The van der Waals surface area contributed by atoms with E-state index in [-0.39, 0.29) is 22.4 Å². The molecule has 0 saturated heterocycles. The van der Waals surface area contributed by atoms with Crippen LogP contribution in [0.2, 0.25) is 0 Å². The summed E-state index contributed by atoms with van der Waals surface area (Å²) in [5.74, 6) is -0.513. The molecule has 0 saturated carbocycles. The molecule has 0 spiro atoms. The Morgan fingerprint density at radius 3 is 2.88 bits per heavy atom. The largest absolute Gasteiger partial charge is 0.338 e. The molecule has 0 aliphatic heterocycles. The first-order valence-corrected chi connectivity index (χ1v) is 7.79. The Balaban J connectivity index is 2.16. The summed E-state index contributed by atoms with van der Waals surface area (Å²) in [5.41, 5.74) is 2.07. The monoisotopic (exact) mass is 362 g/mol. The van der Waals surface area contributed by atoms with Gasteiger partial charge in [-0.25, -0.2) is 23.7 Å². The highest BCUT2D eigenvalue weighted by atomic mass is 35.5. The second-order valence-electron chi connectivity index (χ2n) is 5.34. The molecule has 128 valence electrons. The topological polar surface area (TPSA) is 67.8 Å². The van der Waals surface area contributed by atoms with Gasteiger partial charge < -0.3 is 5.32 Å². The summed E-state index contributed by atoms with van der Waals surface area (Å²) in [6.45, 7) is 1.81. The Kier molecular flexibility index (Phi) is 4.85. The third-order valence-electron chi connectivity index (χ3n) is 3.64. The van der Waals surface area contributed by atoms with Crippen molar-refractivity contribution in [3.63, 3.8) is 0 Å². The molecule has 0 fully saturated rings. The van der Waals surface area contributed by atoms with Crippen molar-refractivity contribution in [3.05, 3.63) is 58.2 Å². The van der Waals surface area contributed by atoms with E-state index in [1.807, 2.05) is 19.1 Å². The Morgan fingerprint density at radius 1 is 1.36 bits per heavy atom. The highest BCUT2D eigenvalue weighted by Gasteiger charge is 2.18. The molecule has 2 aromatic rings. The zero-order valence-corrected chi connectivity index (χ0v) is 13.9. The Labute approximate surface area is 147 Å². The molecule has 1 aliphatic rings. The van der Waals surface area contributed by atoms with Crippen molar-refractivity contribution in [2.45, 2.75) is 19.8 Å². The van der Waals surface area contributed by atoms with Crippen LogP contribution in [0.15, 0.2) is 46.8 Å². The number of halogens is 3. The van der Waals surface area contributed by atoms with Crippen LogP contribution in [-0.4, -0.2) is 21.2 Å². The normalized spacial score (nSPS) is 14.7. The molecule has 0 radical (unpaired) electrons. The zero-order valence-electron chi connectivity index (χ0n) is 13.1. The smallest absolute Gasteiger partial charge is 0.297 e. The van der Waals surface area contributed by atoms with E-state index in [1.165, 1.54) is 12.3 Å². The van der Waals surface area contributed by atoms with E-state index in [2.05, 4.69) is 20.3 Å². The van der Waals surface area contributed by atoms with Crippen LogP contribution in [0.1, 0.15) is 36.0 Å². The quantitative estimate of drug-likeness (QED) is 0.808. The van der Waals surface area contributed by atoms with Gasteiger partial charge in [-0.05, 0) is 31.1 Å². The number of hydrogen-bond donors (Lipinski definition) is 1. The second kappa shape index (κ2) is 7.06. The van der Waals surface area contributed by atoms with Crippen LogP contribution in [0.3, 0.4) is 0 Å². The molecule has 3 rings (SSSR count). The summed E-state index contributed by atoms with van der Waals surface area (Å²) in [4.78, 5) is 22.7. The van der Waals surface area contributed by atoms with Crippen LogP contribution < -0.4 is 5.32 Å². The zero-order chi connectivity index (χ0) is 18.0. The molecule has 0 bridgehead atoms. The Bertz CT molecular complexity index is 938. The number of fused-ring (bicyclic) bond motifs is 1. The fraction of sp³-hybridized carbons (Fsp3) is 0.176. The van der Waals surface area contributed by atoms with Gasteiger partial charge in [-0.3, -0.25) is 4.79 Å². The van der Waals surface area contributed by atoms with E-state index in [0.29, 0.717) is 23.4 Å². The summed E-state index contributed by atoms with van der Waals surface area (Å²) in [6, 6.07) is 1.39. The number of rotatable bonds is 4. The molecule has 1 aliphatic carbocycles. The number of anilines is 1. The standard InChI is InChI=1S/C17H13ClF2N4O/c1-9-11(18)4-2-3-5-12(9)22-16-14-13(6-10(8-25)7-21-14)23-17(24-16)15(19)20/h3-8,15H,2H2,1H3,(H,22,23,24). The van der Waals surface area contributed by atoms with E-state index < -0.39 is 12.2 Å². The summed E-state index contributed by atoms with van der Waals surface area (Å²) in [6.07, 6.45) is 5.26. The summed E-state index contributed by atoms with van der Waals surface area (Å²) >= 11 is 6.19. The van der Waals surface area contributed by atoms with Gasteiger partial charge in [0.1, 0.15) is 5.52 Å². The molecular formula is C17H13ClF2N4O. The molecule has 5 nitrogen and oxygen atoms in total. The fourth-order valence-corrected chi connectivity index (χ4v) is 2.52. The molecule has 0 amide bonds. The van der Waals surface area contributed by atoms with Gasteiger partial charge in [-0.15, -0.1) is 0 Å². The fourth-order valence-electron chi connectivity index (χ4n) is 2.33. The van der Waals surface area contributed by atoms with Crippen molar-refractivity contribution >= 4 is 34.7 Å². The highest BCUT2D eigenvalue weighted by molar-refractivity contribution is 6.32. The molecule has 25 heavy (non-hydrogen) atoms. The number of nitrogens with zero attached hydrogens (tertiary/aromatic N) is 3. The molecule has 8 heteroatoms. The van der Waals surface area contributed by atoms with Gasteiger partial charge >= 0.3 is 0 Å². The van der Waals surface area contributed by atoms with Crippen molar-refractivity contribution in [3.8, 4) is 0 Å². The number of allylic oxidation sites excluding steroid dienone is 5. The number of alkyl halides is 2. The highest BCUT2D eigenvalue weighted by Crippen LogP contribution is 2.28. The molecule has 0 aromatic carbocycles. The van der Waals surface area contributed by atoms with Gasteiger partial charge in [0.05, 0.1) is 5.52 Å². The lowest BCUT2D eigenvalue weighted by atomic mass is 10.2. The minimum absolute atomic E-state index is 0.128. The van der Waals surface area contributed by atoms with Crippen LogP contribution in [0.25, 0.3) is 11.0 Å². The van der Waals surface area contributed by atoms with E-state index in [4.69, 9.17) is 11.6 Å². The van der Waals surface area contributed by atoms with E-state index >= 15 is 0 Å². The Hall–Kier alpha value is -2.67. The number of carbonyl (C=O) groups excluding carboxylic acids is 1. The summed E-state index contributed by atoms with van der Waals surface area (Å²) in [7, 11) is 0. The molecule has 2 heterocycles. The van der Waals surface area contributed by atoms with Crippen LogP contribution in [0, 0.1) is 0 Å². The van der Waals surface area contributed by atoms with Crippen molar-refractivity contribution in [2.75, 3.05) is 5.32 Å². The van der Waals surface area contributed by atoms with Crippen LogP contribution in [-0.2, 0) is 0 Å². The predicted molar refractivity (Wildman–Crippen MR) is 91.7 cm³/mol. The van der Waals surface area contributed by atoms with Crippen LogP contribution in [0.5, 0.6) is 0 Å². The van der Waals surface area contributed by atoms with Crippen molar-refractivity contribution < 1.29 is 13.6 Å². The van der Waals surface area contributed by atoms with Crippen molar-refractivity contribution in [1.82, 2.24) is 15.0 Å². The first-order chi connectivity index (χ1) is 12.0. The number of aromatic nitrogens is 3. The first kappa shape index (κ1) is 17.2. The SMILES string of the molecule is CC1=C(Nc2nc(C(F)F)nc3cc(C=O)cnc23)C=CCC=C1Cl. The van der Waals surface area contributed by atoms with E-state index in [0.717, 1.165) is 5.57 Å². The van der Waals surface area contributed by atoms with Gasteiger partial charge in [-0.2, -0.15) is 0 Å². The van der Waals surface area contributed by atoms with E-state index in [9.17, 15) is 13.6 Å². The minimum atomic E-state index is -2.85. The van der Waals surface area contributed by atoms with Gasteiger partial charge in [0.25, 0.3) is 6.43 Å². The lowest BCUT2D eigenvalue weighted by Gasteiger charge is -2.13. The van der Waals surface area contributed by atoms with Gasteiger partial charge in [0, 0.05) is 22.5 Å². The summed E-state index contributed by atoms with van der Waals surface area (Å²) < 4.78 is 26.3. The van der Waals surface area contributed by atoms with Gasteiger partial charge in [-0.1, -0.05) is 23.8 Å². The second-order valence-corrected chi connectivity index (χ2v) is 5.75. The average molecular weight is 363 g/mol.